The standard InChI is InChI=1S/C19H21F3N2O3S2/c1-18(25,19(20,21)22)14-6-8-15(9-7-14)23-10-12-24(13-11-23)29(26,27)17-5-3-2-4-16(17)28/h2-9,25,28H,10-13H2,1H3. The van der Waals surface area contributed by atoms with Crippen LogP contribution in [-0.2, 0) is 15.6 Å². The average molecular weight is 447 g/mol. The Bertz CT molecular complexity index is 969. The molecule has 1 unspecified atom stereocenters. The molecule has 1 N–H and O–H groups in total. The number of aliphatic hydroxyl groups is 1. The number of piperazine rings is 1. The van der Waals surface area contributed by atoms with E-state index in [4.69, 9.17) is 0 Å². The van der Waals surface area contributed by atoms with E-state index in [1.54, 1.807) is 18.2 Å². The van der Waals surface area contributed by atoms with Gasteiger partial charge >= 0.3 is 6.18 Å². The van der Waals surface area contributed by atoms with Crippen molar-refractivity contribution in [3.8, 4) is 0 Å². The molecule has 1 aliphatic rings. The second-order valence-electron chi connectivity index (χ2n) is 6.98. The van der Waals surface area contributed by atoms with Crippen LogP contribution in [0.3, 0.4) is 0 Å². The van der Waals surface area contributed by atoms with Crippen molar-refractivity contribution in [2.75, 3.05) is 31.1 Å². The van der Waals surface area contributed by atoms with Crippen LogP contribution in [0.4, 0.5) is 18.9 Å². The van der Waals surface area contributed by atoms with Gasteiger partial charge in [0.05, 0.1) is 4.90 Å². The predicted molar refractivity (Wildman–Crippen MR) is 107 cm³/mol. The van der Waals surface area contributed by atoms with E-state index in [9.17, 15) is 26.7 Å². The van der Waals surface area contributed by atoms with E-state index in [1.165, 1.54) is 34.6 Å². The van der Waals surface area contributed by atoms with Gasteiger partial charge in [0.1, 0.15) is 0 Å². The van der Waals surface area contributed by atoms with Gasteiger partial charge in [-0.3, -0.25) is 0 Å². The van der Waals surface area contributed by atoms with Crippen LogP contribution in [-0.4, -0.2) is 50.2 Å². The molecule has 0 bridgehead atoms. The van der Waals surface area contributed by atoms with Crippen molar-refractivity contribution in [3.05, 3.63) is 54.1 Å². The van der Waals surface area contributed by atoms with E-state index in [2.05, 4.69) is 12.6 Å². The molecule has 1 fully saturated rings. The van der Waals surface area contributed by atoms with Crippen LogP contribution in [0.25, 0.3) is 0 Å². The van der Waals surface area contributed by atoms with Crippen LogP contribution in [0.2, 0.25) is 0 Å². The van der Waals surface area contributed by atoms with Crippen molar-refractivity contribution in [2.24, 2.45) is 0 Å². The second-order valence-corrected chi connectivity index (χ2v) is 9.36. The summed E-state index contributed by atoms with van der Waals surface area (Å²) in [7, 11) is -3.67. The number of sulfonamides is 1. The molecule has 0 radical (unpaired) electrons. The van der Waals surface area contributed by atoms with E-state index in [0.29, 0.717) is 30.6 Å². The lowest BCUT2D eigenvalue weighted by Gasteiger charge is -2.36. The highest BCUT2D eigenvalue weighted by atomic mass is 32.2. The van der Waals surface area contributed by atoms with Crippen LogP contribution in [0.5, 0.6) is 0 Å². The molecule has 5 nitrogen and oxygen atoms in total. The topological polar surface area (TPSA) is 60.9 Å². The summed E-state index contributed by atoms with van der Waals surface area (Å²) in [6, 6.07) is 12.0. The van der Waals surface area contributed by atoms with E-state index in [0.717, 1.165) is 0 Å². The number of nitrogens with zero attached hydrogens (tertiary/aromatic N) is 2. The number of rotatable bonds is 4. The fourth-order valence-corrected chi connectivity index (χ4v) is 5.17. The fourth-order valence-electron chi connectivity index (χ4n) is 3.16. The summed E-state index contributed by atoms with van der Waals surface area (Å²) in [4.78, 5) is 2.42. The highest BCUT2D eigenvalue weighted by Gasteiger charge is 2.51. The first-order chi connectivity index (χ1) is 13.4. The highest BCUT2D eigenvalue weighted by molar-refractivity contribution is 7.90. The van der Waals surface area contributed by atoms with E-state index < -0.39 is 21.8 Å². The minimum Gasteiger partial charge on any atom is -0.376 e. The molecule has 0 aliphatic carbocycles. The Morgan fingerprint density at radius 3 is 2.03 bits per heavy atom. The SMILES string of the molecule is CC(O)(c1ccc(N2CCN(S(=O)(=O)c3ccccc3S)CC2)cc1)C(F)(F)F. The summed E-state index contributed by atoms with van der Waals surface area (Å²) in [5.74, 6) is 0. The maximum atomic E-state index is 13.0. The van der Waals surface area contributed by atoms with Crippen molar-refractivity contribution in [2.45, 2.75) is 28.5 Å². The molecule has 1 saturated heterocycles. The predicted octanol–water partition coefficient (Wildman–Crippen LogP) is 3.26. The minimum atomic E-state index is -4.78. The number of alkyl halides is 3. The number of thiol groups is 1. The van der Waals surface area contributed by atoms with Crippen LogP contribution < -0.4 is 4.90 Å². The lowest BCUT2D eigenvalue weighted by molar-refractivity contribution is -0.258. The van der Waals surface area contributed by atoms with Gasteiger partial charge in [-0.05, 0) is 36.8 Å². The molecule has 2 aromatic carbocycles. The van der Waals surface area contributed by atoms with Gasteiger partial charge in [0.15, 0.2) is 5.60 Å². The smallest absolute Gasteiger partial charge is 0.376 e. The molecule has 3 rings (SSSR count). The third-order valence-electron chi connectivity index (χ3n) is 5.07. The zero-order valence-electron chi connectivity index (χ0n) is 15.6. The molecule has 1 heterocycles. The average Bonchev–Trinajstić information content (AvgIpc) is 2.67. The molecule has 1 aliphatic heterocycles. The van der Waals surface area contributed by atoms with Crippen molar-refractivity contribution in [3.63, 3.8) is 0 Å². The van der Waals surface area contributed by atoms with Crippen LogP contribution in [0, 0.1) is 0 Å². The zero-order chi connectivity index (χ0) is 21.4. The zero-order valence-corrected chi connectivity index (χ0v) is 17.3. The fraction of sp³-hybridized carbons (Fsp3) is 0.368. The first-order valence-corrected chi connectivity index (χ1v) is 10.8. The lowest BCUT2D eigenvalue weighted by atomic mass is 9.95. The van der Waals surface area contributed by atoms with E-state index in [-0.39, 0.29) is 23.5 Å². The van der Waals surface area contributed by atoms with Gasteiger partial charge in [-0.25, -0.2) is 8.42 Å². The highest BCUT2D eigenvalue weighted by Crippen LogP contribution is 2.39. The van der Waals surface area contributed by atoms with Crippen molar-refractivity contribution in [1.29, 1.82) is 0 Å². The molecule has 1 atom stereocenters. The Balaban J connectivity index is 1.71. The Kier molecular flexibility index (Phi) is 5.92. The molecule has 0 spiro atoms. The number of benzene rings is 2. The molecular weight excluding hydrogens is 425 g/mol. The Morgan fingerprint density at radius 1 is 0.966 bits per heavy atom. The van der Waals surface area contributed by atoms with Gasteiger partial charge in [0, 0.05) is 36.8 Å². The summed E-state index contributed by atoms with van der Waals surface area (Å²) < 4.78 is 65.9. The normalized spacial score (nSPS) is 18.5. The summed E-state index contributed by atoms with van der Waals surface area (Å²) in [5, 5.41) is 9.76. The molecule has 0 saturated carbocycles. The summed E-state index contributed by atoms with van der Waals surface area (Å²) in [6.07, 6.45) is -4.78. The van der Waals surface area contributed by atoms with Gasteiger partial charge in [-0.15, -0.1) is 12.6 Å². The number of hydrogen-bond acceptors (Lipinski definition) is 5. The third kappa shape index (κ3) is 4.25. The molecule has 29 heavy (non-hydrogen) atoms. The molecule has 0 aromatic heterocycles. The lowest BCUT2D eigenvalue weighted by Crippen LogP contribution is -2.48. The Morgan fingerprint density at radius 2 is 1.52 bits per heavy atom. The van der Waals surface area contributed by atoms with Crippen LogP contribution in [0.15, 0.2) is 58.3 Å². The van der Waals surface area contributed by atoms with E-state index >= 15 is 0 Å². The first kappa shape index (κ1) is 21.9. The number of hydrogen-bond donors (Lipinski definition) is 2. The second kappa shape index (κ2) is 7.82. The van der Waals surface area contributed by atoms with Gasteiger partial charge in [-0.2, -0.15) is 17.5 Å². The largest absolute Gasteiger partial charge is 0.421 e. The van der Waals surface area contributed by atoms with Crippen molar-refractivity contribution < 1.29 is 26.7 Å². The monoisotopic (exact) mass is 446 g/mol. The Hall–Kier alpha value is -1.75. The quantitative estimate of drug-likeness (QED) is 0.708. The minimum absolute atomic E-state index is 0.149. The maximum Gasteiger partial charge on any atom is 0.421 e. The van der Waals surface area contributed by atoms with Gasteiger partial charge < -0.3 is 10.0 Å². The van der Waals surface area contributed by atoms with Gasteiger partial charge in [0.25, 0.3) is 0 Å². The molecule has 0 amide bonds. The van der Waals surface area contributed by atoms with Crippen LogP contribution in [0.1, 0.15) is 12.5 Å². The maximum absolute atomic E-state index is 13.0. The summed E-state index contributed by atoms with van der Waals surface area (Å²) >= 11 is 4.22. The number of anilines is 1. The summed E-state index contributed by atoms with van der Waals surface area (Å²) in [5.41, 5.74) is -2.52. The molecule has 158 valence electrons. The van der Waals surface area contributed by atoms with E-state index in [1.807, 2.05) is 4.90 Å². The molecule has 10 heteroatoms. The summed E-state index contributed by atoms with van der Waals surface area (Å²) in [6.45, 7) is 1.98. The van der Waals surface area contributed by atoms with Crippen LogP contribution >= 0.6 is 12.6 Å². The number of halogens is 3. The van der Waals surface area contributed by atoms with Crippen molar-refractivity contribution in [1.82, 2.24) is 4.31 Å². The van der Waals surface area contributed by atoms with Gasteiger partial charge in [-0.1, -0.05) is 24.3 Å². The molecule has 2 aromatic rings. The molecular formula is C19H21F3N2O3S2. The third-order valence-corrected chi connectivity index (χ3v) is 7.57. The Labute approximate surface area is 173 Å². The van der Waals surface area contributed by atoms with Crippen molar-refractivity contribution >= 4 is 28.3 Å². The van der Waals surface area contributed by atoms with Gasteiger partial charge in [0.2, 0.25) is 10.0 Å². The first-order valence-electron chi connectivity index (χ1n) is 8.87.